The number of amides is 12. The molecule has 33 heteroatoms. The van der Waals surface area contributed by atoms with Crippen LogP contribution >= 0.6 is 0 Å². The van der Waals surface area contributed by atoms with Crippen molar-refractivity contribution in [1.29, 1.82) is 0 Å². The summed E-state index contributed by atoms with van der Waals surface area (Å²) in [7, 11) is 12.2. The molecule has 6 fully saturated rings. The molecule has 111 heavy (non-hydrogen) atoms. The van der Waals surface area contributed by atoms with Gasteiger partial charge in [-0.3, -0.25) is 57.5 Å². The van der Waals surface area contributed by atoms with E-state index in [2.05, 4.69) is 16.0 Å². The number of rotatable bonds is 16. The van der Waals surface area contributed by atoms with Crippen molar-refractivity contribution < 1.29 is 98.1 Å². The first kappa shape index (κ1) is 91.0. The van der Waals surface area contributed by atoms with Crippen LogP contribution in [0.1, 0.15) is 183 Å². The maximum Gasteiger partial charge on any atom is 0.394 e. The third-order valence-electron chi connectivity index (χ3n) is 24.5. The first-order valence-corrected chi connectivity index (χ1v) is 39.8. The second-order valence-corrected chi connectivity index (χ2v) is 33.4. The first-order valence-electron chi connectivity index (χ1n) is 39.8. The summed E-state index contributed by atoms with van der Waals surface area (Å²) in [6.45, 7) is 8.95. The van der Waals surface area contributed by atoms with Crippen LogP contribution in [0.3, 0.4) is 0 Å². The maximum atomic E-state index is 15.8. The Morgan fingerprint density at radius 1 is 0.667 bits per heavy atom. The summed E-state index contributed by atoms with van der Waals surface area (Å²) >= 11 is 0. The number of carbonyl (C=O) groups is 12. The molecular weight excluding hydrogens is 1460 g/mol. The highest BCUT2D eigenvalue weighted by atomic mass is 19.4. The average Bonchev–Trinajstić information content (AvgIpc) is 1.46. The molecule has 0 aromatic rings. The van der Waals surface area contributed by atoms with Crippen LogP contribution in [0.4, 0.5) is 26.3 Å². The van der Waals surface area contributed by atoms with Gasteiger partial charge in [-0.2, -0.15) is 26.3 Å². The van der Waals surface area contributed by atoms with E-state index in [0.717, 1.165) is 24.5 Å². The second kappa shape index (κ2) is 39.3. The fourth-order valence-electron chi connectivity index (χ4n) is 18.0. The second-order valence-electron chi connectivity index (χ2n) is 33.4. The van der Waals surface area contributed by atoms with E-state index in [1.807, 2.05) is 20.8 Å². The van der Waals surface area contributed by atoms with Crippen LogP contribution in [0.25, 0.3) is 0 Å². The lowest BCUT2D eigenvalue weighted by Gasteiger charge is -2.54. The van der Waals surface area contributed by atoms with Gasteiger partial charge in [0.05, 0.1) is 50.2 Å². The smallest absolute Gasteiger partial charge is 0.381 e. The Morgan fingerprint density at radius 2 is 1.31 bits per heavy atom. The van der Waals surface area contributed by atoms with Gasteiger partial charge in [0.1, 0.15) is 53.9 Å². The van der Waals surface area contributed by atoms with E-state index in [4.69, 9.17) is 14.2 Å². The molecule has 4 aliphatic carbocycles. The Hall–Kier alpha value is -7.16. The quantitative estimate of drug-likeness (QED) is 0.0894. The predicted molar refractivity (Wildman–Crippen MR) is 398 cm³/mol. The molecule has 0 aromatic heterocycles. The highest BCUT2D eigenvalue weighted by Gasteiger charge is 2.60. The van der Waals surface area contributed by atoms with E-state index >= 15 is 28.8 Å². The number of nitrogens with one attached hydrogen (secondary N) is 3. The number of hydrogen-bond acceptors (Lipinski definition) is 15. The van der Waals surface area contributed by atoms with Gasteiger partial charge in [0.15, 0.2) is 0 Å². The van der Waals surface area contributed by atoms with E-state index in [0.29, 0.717) is 38.5 Å². The fraction of sp³-hybridized carbons (Fsp3) is 0.821. The predicted octanol–water partition coefficient (Wildman–Crippen LogP) is 6.10. The Balaban J connectivity index is 1.34. The Bertz CT molecular complexity index is 3300. The third kappa shape index (κ3) is 22.7. The minimum absolute atomic E-state index is 0.0284. The monoisotopic (exact) mass is 1580 g/mol. The van der Waals surface area contributed by atoms with Crippen molar-refractivity contribution in [2.75, 3.05) is 109 Å². The van der Waals surface area contributed by atoms with E-state index < -0.39 is 210 Å². The number of hydrogen-bond donors (Lipinski definition) is 3. The van der Waals surface area contributed by atoms with Crippen molar-refractivity contribution in [3.05, 3.63) is 12.2 Å². The molecule has 3 unspecified atom stereocenters. The zero-order valence-electron chi connectivity index (χ0n) is 67.8. The standard InChI is InChI=1S/C78H124F6N12O15/c1-16-36-110-44-59-66(100)86-64(47(4)17-2)72(106)90(10)43-63(99)91(11)55-26-20-19-23-35-95(71(55)105)58(37-48-27-31-51(32-28-48)77(79,80)81)70(104)89(9)42-61(97)85-54(34-30-49-29-33-53(78(82,83)84)60(38-49)109-15)68(102)96-41-52(111-18-3)39-56(96)67(101)87-76(45-75(5,6)46-76)74(108)94(14)65(50-24-21-22-25-50)73(107)93(13)57(69(103)88(7)8)40-62(98)92(59)12/h19-20,47-60,64-65H,16-18,21-46H2,1-15H3,(H,85,97)(H,86,100)(H,87,101)/b20-19-/t47-,48?,49?,51?,52+,53?,54-,55-,56-,57-,58-,59-,60?,64-,65-/m0/s1. The Morgan fingerprint density at radius 3 is 1.89 bits per heavy atom. The van der Waals surface area contributed by atoms with Crippen LogP contribution < -0.4 is 16.0 Å². The van der Waals surface area contributed by atoms with Gasteiger partial charge in [0.2, 0.25) is 70.9 Å². The van der Waals surface area contributed by atoms with Gasteiger partial charge in [-0.15, -0.1) is 0 Å². The number of nitrogens with zero attached hydrogens (tertiary/aromatic N) is 9. The van der Waals surface area contributed by atoms with Crippen LogP contribution in [0.5, 0.6) is 0 Å². The topological polar surface area (TPSA) is 298 Å². The largest absolute Gasteiger partial charge is 0.394 e. The molecule has 7 rings (SSSR count). The van der Waals surface area contributed by atoms with Gasteiger partial charge in [0, 0.05) is 96.2 Å². The summed E-state index contributed by atoms with van der Waals surface area (Å²) in [4.78, 5) is 193. The molecule has 2 bridgehead atoms. The lowest BCUT2D eigenvalue weighted by molar-refractivity contribution is -0.215. The van der Waals surface area contributed by atoms with E-state index in [1.54, 1.807) is 32.9 Å². The number of ether oxygens (including phenoxy) is 3. The summed E-state index contributed by atoms with van der Waals surface area (Å²) in [5, 5.41) is 8.66. The molecule has 0 aromatic carbocycles. The van der Waals surface area contributed by atoms with Crippen LogP contribution in [0.15, 0.2) is 12.2 Å². The summed E-state index contributed by atoms with van der Waals surface area (Å²) in [6, 6.07) is -11.3. The minimum Gasteiger partial charge on any atom is -0.381 e. The molecule has 0 radical (unpaired) electrons. The van der Waals surface area contributed by atoms with Gasteiger partial charge in [0.25, 0.3) is 0 Å². The van der Waals surface area contributed by atoms with Crippen molar-refractivity contribution in [2.24, 2.45) is 40.9 Å². The lowest BCUT2D eigenvalue weighted by atomic mass is 9.58. The molecule has 12 amide bonds. The SMILES string of the molecule is CCCOC[C@H]1C(=O)N[C@@H]([C@@H](C)CC)C(=O)N(C)CC(=O)N(C)[C@H]2C/C=C\CCN(C2=O)[C@@H](CC2CCC(C(F)(F)F)CC2)C(=O)N(C)CC(=O)N[C@@H](CCC2CCC(C(F)(F)F)C(OC)C2)C(=O)N2C[C@H](OCC)C[C@H]2C(=O)NC2(CC(C)(C)C2)C(=O)N(C)[C@@H](C2CCCC2)C(=O)N(C)[C@H](C(=O)N(C)C)CC(=O)N1C. The number of fused-ring (bicyclic) bond motifs is 3. The van der Waals surface area contributed by atoms with Gasteiger partial charge < -0.3 is 74.3 Å². The molecule has 3 heterocycles. The van der Waals surface area contributed by atoms with Crippen molar-refractivity contribution in [2.45, 2.75) is 261 Å². The molecule has 4 saturated carbocycles. The summed E-state index contributed by atoms with van der Waals surface area (Å²) < 4.78 is 103. The number of carbonyl (C=O) groups excluding carboxylic acids is 12. The molecular formula is C78H124F6N12O15. The van der Waals surface area contributed by atoms with Crippen LogP contribution in [0.2, 0.25) is 0 Å². The molecule has 628 valence electrons. The molecule has 7 aliphatic rings. The molecule has 1 spiro atoms. The molecule has 3 N–H and O–H groups in total. The van der Waals surface area contributed by atoms with Gasteiger partial charge in [-0.25, -0.2) is 0 Å². The van der Waals surface area contributed by atoms with E-state index in [1.165, 1.54) is 83.1 Å². The number of methoxy groups -OCH3 is 1. The summed E-state index contributed by atoms with van der Waals surface area (Å²) in [5.74, 6) is -14.6. The number of likely N-dealkylation sites (N-methyl/N-ethyl adjacent to an activating group) is 7. The average molecular weight is 1580 g/mol. The summed E-state index contributed by atoms with van der Waals surface area (Å²) in [5.41, 5.74) is -2.28. The van der Waals surface area contributed by atoms with Crippen molar-refractivity contribution >= 4 is 70.9 Å². The highest BCUT2D eigenvalue weighted by molar-refractivity contribution is 6.01. The van der Waals surface area contributed by atoms with Crippen molar-refractivity contribution in [3.8, 4) is 0 Å². The van der Waals surface area contributed by atoms with Gasteiger partial charge in [-0.05, 0) is 145 Å². The maximum absolute atomic E-state index is 15.8. The Kier molecular flexibility index (Phi) is 32.2. The molecule has 13 atom stereocenters. The molecule has 27 nitrogen and oxygen atoms in total. The van der Waals surface area contributed by atoms with Gasteiger partial charge >= 0.3 is 12.4 Å². The third-order valence-corrected chi connectivity index (χ3v) is 24.5. The normalized spacial score (nSPS) is 31.2. The van der Waals surface area contributed by atoms with E-state index in [9.17, 15) is 55.1 Å². The number of halogens is 6. The number of alkyl halides is 6. The first-order chi connectivity index (χ1) is 52.0. The van der Waals surface area contributed by atoms with E-state index in [-0.39, 0.29) is 129 Å². The zero-order valence-corrected chi connectivity index (χ0v) is 67.8. The van der Waals surface area contributed by atoms with Crippen LogP contribution in [0, 0.1) is 40.9 Å². The Labute approximate surface area is 650 Å². The lowest BCUT2D eigenvalue weighted by Crippen LogP contribution is -2.71. The molecule has 3 aliphatic heterocycles. The van der Waals surface area contributed by atoms with Gasteiger partial charge in [-0.1, -0.05) is 66.0 Å². The zero-order chi connectivity index (χ0) is 82.5. The minimum atomic E-state index is -4.57. The summed E-state index contributed by atoms with van der Waals surface area (Å²) in [6.07, 6.45) is -6.02. The van der Waals surface area contributed by atoms with Crippen molar-refractivity contribution in [3.63, 3.8) is 0 Å². The van der Waals surface area contributed by atoms with Crippen molar-refractivity contribution in [1.82, 2.24) is 60.0 Å². The highest BCUT2D eigenvalue weighted by Crippen LogP contribution is 2.50. The van der Waals surface area contributed by atoms with Crippen LogP contribution in [-0.4, -0.2) is 303 Å². The van der Waals surface area contributed by atoms with Crippen LogP contribution in [-0.2, 0) is 71.7 Å². The fourth-order valence-corrected chi connectivity index (χ4v) is 18.0. The molecule has 2 saturated heterocycles.